The zero-order valence-corrected chi connectivity index (χ0v) is 27.1. The van der Waals surface area contributed by atoms with Gasteiger partial charge in [-0.05, 0) is 48.6 Å². The maximum absolute atomic E-state index is 12.4. The van der Waals surface area contributed by atoms with Crippen LogP contribution >= 0.6 is 0 Å². The zero-order chi connectivity index (χ0) is 32.6. The minimum Gasteiger partial charge on any atom is -0.478 e. The second-order valence-electron chi connectivity index (χ2n) is 11.3. The number of likely N-dealkylation sites (N-methyl/N-ethyl adjacent to an activating group) is 1. The molecule has 14 heteroatoms. The molecule has 0 aromatic heterocycles. The summed E-state index contributed by atoms with van der Waals surface area (Å²) in [5, 5.41) is 8.55. The first-order valence-corrected chi connectivity index (χ1v) is 14.5. The van der Waals surface area contributed by atoms with Gasteiger partial charge >= 0.3 is 18.2 Å². The molecule has 0 aliphatic heterocycles. The van der Waals surface area contributed by atoms with Crippen molar-refractivity contribution in [3.8, 4) is 0 Å². The molecule has 43 heavy (non-hydrogen) atoms. The lowest BCUT2D eigenvalue weighted by Gasteiger charge is -2.28. The predicted octanol–water partition coefficient (Wildman–Crippen LogP) is 2.83. The number of imide groups is 1. The van der Waals surface area contributed by atoms with Crippen molar-refractivity contribution >= 4 is 18.2 Å². The van der Waals surface area contributed by atoms with Gasteiger partial charge in [0.15, 0.2) is 0 Å². The van der Waals surface area contributed by atoms with Crippen LogP contribution in [0.2, 0.25) is 0 Å². The third kappa shape index (κ3) is 28.2. The van der Waals surface area contributed by atoms with E-state index in [1.54, 1.807) is 47.6 Å². The molecule has 0 aliphatic carbocycles. The molecule has 0 fully saturated rings. The number of hydrogen-bond acceptors (Lipinski definition) is 12. The fourth-order valence-electron chi connectivity index (χ4n) is 2.89. The van der Waals surface area contributed by atoms with E-state index in [2.05, 4.69) is 0 Å². The van der Waals surface area contributed by atoms with Gasteiger partial charge in [-0.25, -0.2) is 19.3 Å². The van der Waals surface area contributed by atoms with E-state index >= 15 is 0 Å². The predicted molar refractivity (Wildman–Crippen MR) is 158 cm³/mol. The molecule has 0 aromatic rings. The lowest BCUT2D eigenvalue weighted by molar-refractivity contribution is -0.131. The smallest absolute Gasteiger partial charge is 0.419 e. The number of carboxylic acid groups (broad SMARTS) is 1. The van der Waals surface area contributed by atoms with E-state index in [0.717, 1.165) is 11.0 Å². The van der Waals surface area contributed by atoms with Gasteiger partial charge in [0.25, 0.3) is 0 Å². The molecule has 0 aliphatic rings. The summed E-state index contributed by atoms with van der Waals surface area (Å²) in [5.74, 6) is -0.953. The number of aliphatic carboxylic acids is 1. The summed E-state index contributed by atoms with van der Waals surface area (Å²) in [4.78, 5) is 38.1. The topological polar surface area (TPSA) is 152 Å². The lowest BCUT2D eigenvalue weighted by atomic mass is 10.2. The van der Waals surface area contributed by atoms with Gasteiger partial charge in [0.1, 0.15) is 11.2 Å². The van der Waals surface area contributed by atoms with E-state index in [1.165, 1.54) is 0 Å². The molecule has 252 valence electrons. The van der Waals surface area contributed by atoms with Crippen LogP contribution < -0.4 is 0 Å². The number of carbonyl (C=O) groups is 3. The Hall–Kier alpha value is -2.33. The second-order valence-corrected chi connectivity index (χ2v) is 11.3. The molecule has 0 bridgehead atoms. The number of carbonyl (C=O) groups excluding carboxylic acids is 2. The van der Waals surface area contributed by atoms with Gasteiger partial charge in [0.2, 0.25) is 0 Å². The Balaban J connectivity index is 3.66. The van der Waals surface area contributed by atoms with Crippen molar-refractivity contribution in [2.75, 3.05) is 106 Å². The van der Waals surface area contributed by atoms with Crippen molar-refractivity contribution in [2.24, 2.45) is 0 Å². The largest absolute Gasteiger partial charge is 0.478 e. The first-order valence-electron chi connectivity index (χ1n) is 14.5. The van der Waals surface area contributed by atoms with Crippen LogP contribution in [0.3, 0.4) is 0 Å². The van der Waals surface area contributed by atoms with Crippen LogP contribution in [0.1, 0.15) is 41.5 Å². The second kappa shape index (κ2) is 24.0. The van der Waals surface area contributed by atoms with Crippen LogP contribution in [-0.4, -0.2) is 150 Å². The number of amides is 2. The van der Waals surface area contributed by atoms with Gasteiger partial charge in [0, 0.05) is 19.2 Å². The van der Waals surface area contributed by atoms with Gasteiger partial charge in [-0.1, -0.05) is 6.08 Å². The molecule has 0 unspecified atom stereocenters. The average Bonchev–Trinajstić information content (AvgIpc) is 2.87. The van der Waals surface area contributed by atoms with Gasteiger partial charge in [-0.3, -0.25) is 0 Å². The van der Waals surface area contributed by atoms with E-state index in [9.17, 15) is 14.4 Å². The van der Waals surface area contributed by atoms with Crippen LogP contribution in [0.4, 0.5) is 9.59 Å². The monoisotopic (exact) mass is 622 g/mol. The highest BCUT2D eigenvalue weighted by molar-refractivity contribution is 5.88. The maximum atomic E-state index is 12.4. The molecule has 1 N–H and O–H groups in total. The van der Waals surface area contributed by atoms with E-state index < -0.39 is 29.4 Å². The highest BCUT2D eigenvalue weighted by atomic mass is 16.6. The van der Waals surface area contributed by atoms with Crippen LogP contribution in [0, 0.1) is 0 Å². The van der Waals surface area contributed by atoms with Crippen molar-refractivity contribution < 1.29 is 57.4 Å². The Morgan fingerprint density at radius 2 is 0.907 bits per heavy atom. The van der Waals surface area contributed by atoms with Gasteiger partial charge in [-0.2, -0.15) is 0 Å². The molecule has 0 saturated heterocycles. The lowest BCUT2D eigenvalue weighted by Crippen LogP contribution is -2.45. The number of rotatable bonds is 24. The Bertz CT molecular complexity index is 752. The first-order chi connectivity index (χ1) is 20.2. The summed E-state index contributed by atoms with van der Waals surface area (Å²) in [6, 6.07) is 0. The van der Waals surface area contributed by atoms with Gasteiger partial charge in [-0.15, -0.1) is 0 Å². The summed E-state index contributed by atoms with van der Waals surface area (Å²) in [7, 11) is 1.89. The van der Waals surface area contributed by atoms with E-state index in [1.807, 2.05) is 11.9 Å². The third-order valence-electron chi connectivity index (χ3n) is 4.84. The highest BCUT2D eigenvalue weighted by Gasteiger charge is 2.30. The molecule has 0 radical (unpaired) electrons. The normalized spacial score (nSPS) is 12.2. The molecule has 0 rings (SSSR count). The minimum atomic E-state index is -0.953. The molecular formula is C29H54N2O12. The number of ether oxygens (including phenoxy) is 8. The summed E-state index contributed by atoms with van der Waals surface area (Å²) in [6.45, 7) is 16.3. The van der Waals surface area contributed by atoms with Crippen molar-refractivity contribution in [3.05, 3.63) is 12.2 Å². The fraction of sp³-hybridized carbons (Fsp3) is 0.828. The zero-order valence-electron chi connectivity index (χ0n) is 27.1. The Kier molecular flexibility index (Phi) is 22.7. The first kappa shape index (κ1) is 40.7. The van der Waals surface area contributed by atoms with Crippen LogP contribution in [-0.2, 0) is 42.7 Å². The molecule has 0 aromatic carbocycles. The van der Waals surface area contributed by atoms with Crippen LogP contribution in [0.25, 0.3) is 0 Å². The van der Waals surface area contributed by atoms with E-state index in [4.69, 9.17) is 43.0 Å². The highest BCUT2D eigenvalue weighted by Crippen LogP contribution is 2.14. The average molecular weight is 623 g/mol. The standard InChI is InChI=1S/C29H54N2O12/c1-28(2,3)42-26(34)31(27(35)43-29(4,5)6)12-14-37-16-18-39-20-22-41-24-23-40-21-19-38-17-15-36-13-11-30(7)10-8-9-25(32)33/h8-9H,10-24H2,1-7H3,(H,32,33)/b9-8+. The van der Waals surface area contributed by atoms with Gasteiger partial charge < -0.3 is 47.9 Å². The molecule has 0 atom stereocenters. The third-order valence-corrected chi connectivity index (χ3v) is 4.84. The Morgan fingerprint density at radius 3 is 1.23 bits per heavy atom. The van der Waals surface area contributed by atoms with Crippen molar-refractivity contribution in [1.29, 1.82) is 0 Å². The molecule has 0 spiro atoms. The number of carboxylic acids is 1. The molecule has 0 heterocycles. The fourth-order valence-corrected chi connectivity index (χ4v) is 2.89. The van der Waals surface area contributed by atoms with Gasteiger partial charge in [0.05, 0.1) is 85.8 Å². The van der Waals surface area contributed by atoms with Crippen LogP contribution in [0.15, 0.2) is 12.2 Å². The summed E-state index contributed by atoms with van der Waals surface area (Å²) >= 11 is 0. The summed E-state index contributed by atoms with van der Waals surface area (Å²) in [5.41, 5.74) is -1.51. The van der Waals surface area contributed by atoms with E-state index in [0.29, 0.717) is 79.2 Å². The minimum absolute atomic E-state index is 0.0133. The summed E-state index contributed by atoms with van der Waals surface area (Å²) < 4.78 is 43.4. The molecule has 0 saturated carbocycles. The molecule has 14 nitrogen and oxygen atoms in total. The van der Waals surface area contributed by atoms with Crippen molar-refractivity contribution in [2.45, 2.75) is 52.7 Å². The number of nitrogens with zero attached hydrogens (tertiary/aromatic N) is 2. The maximum Gasteiger partial charge on any atom is 0.419 e. The molecule has 2 amide bonds. The molecular weight excluding hydrogens is 568 g/mol. The van der Waals surface area contributed by atoms with Crippen molar-refractivity contribution in [1.82, 2.24) is 9.80 Å². The summed E-state index contributed by atoms with van der Waals surface area (Å²) in [6.07, 6.45) is 1.14. The Morgan fingerprint density at radius 1 is 0.581 bits per heavy atom. The van der Waals surface area contributed by atoms with Crippen LogP contribution in [0.5, 0.6) is 0 Å². The number of hydrogen-bond donors (Lipinski definition) is 1. The van der Waals surface area contributed by atoms with Crippen molar-refractivity contribution in [3.63, 3.8) is 0 Å². The SMILES string of the molecule is CN(C/C=C/C(=O)O)CCOCCOCCOCCOCCOCCOCCN(C(=O)OC(C)(C)C)C(=O)OC(C)(C)C. The quantitative estimate of drug-likeness (QED) is 0.124. The van der Waals surface area contributed by atoms with E-state index in [-0.39, 0.29) is 19.8 Å². The Labute approximate surface area is 256 Å².